The van der Waals surface area contributed by atoms with Gasteiger partial charge in [0, 0.05) is 5.56 Å². The van der Waals surface area contributed by atoms with Crippen LogP contribution in [0, 0.1) is 5.82 Å². The number of thiazole rings is 1. The van der Waals surface area contributed by atoms with Crippen LogP contribution in [0.5, 0.6) is 0 Å². The molecule has 2 aromatic rings. The van der Waals surface area contributed by atoms with Crippen molar-refractivity contribution < 1.29 is 9.50 Å². The zero-order valence-corrected chi connectivity index (χ0v) is 11.0. The Morgan fingerprint density at radius 3 is 2.88 bits per heavy atom. The van der Waals surface area contributed by atoms with Gasteiger partial charge in [-0.15, -0.1) is 11.3 Å². The predicted octanol–water partition coefficient (Wildman–Crippen LogP) is 3.86. The topological polar surface area (TPSA) is 33.1 Å². The minimum atomic E-state index is -0.395. The molecule has 0 bridgehead atoms. The van der Waals surface area contributed by atoms with Crippen LogP contribution in [0.4, 0.5) is 4.39 Å². The number of benzene rings is 1. The number of nitrogens with zero attached hydrogens (tertiary/aromatic N) is 1. The molecule has 0 saturated heterocycles. The van der Waals surface area contributed by atoms with Gasteiger partial charge in [-0.1, -0.05) is 11.6 Å². The Bertz CT molecular complexity index is 532. The van der Waals surface area contributed by atoms with Crippen LogP contribution >= 0.6 is 38.9 Å². The zero-order valence-electron chi connectivity index (χ0n) is 7.88. The smallest absolute Gasteiger partial charge is 0.160 e. The summed E-state index contributed by atoms with van der Waals surface area (Å²) in [5.74, 6) is -0.395. The van der Waals surface area contributed by atoms with E-state index in [4.69, 9.17) is 11.6 Å². The third-order valence-electron chi connectivity index (χ3n) is 2.00. The fraction of sp³-hybridized carbons (Fsp3) is 0.100. The van der Waals surface area contributed by atoms with Crippen molar-refractivity contribution in [2.45, 2.75) is 6.61 Å². The van der Waals surface area contributed by atoms with Gasteiger partial charge >= 0.3 is 0 Å². The first-order valence-electron chi connectivity index (χ1n) is 4.33. The highest BCUT2D eigenvalue weighted by atomic mass is 79.9. The normalized spacial score (nSPS) is 10.8. The van der Waals surface area contributed by atoms with Crippen LogP contribution in [0.1, 0.15) is 4.88 Å². The standard InChI is InChI=1S/C10H6BrClFNOS/c11-10-14-9(8(4-15)16-10)6-2-1-5(13)3-7(6)12/h1-3,15H,4H2. The molecule has 0 fully saturated rings. The Hall–Kier alpha value is -0.490. The summed E-state index contributed by atoms with van der Waals surface area (Å²) >= 11 is 10.5. The van der Waals surface area contributed by atoms with E-state index in [1.807, 2.05) is 0 Å². The molecule has 0 aliphatic heterocycles. The summed E-state index contributed by atoms with van der Waals surface area (Å²) in [6.45, 7) is -0.119. The van der Waals surface area contributed by atoms with Gasteiger partial charge in [0.1, 0.15) is 5.82 Å². The molecule has 0 saturated carbocycles. The van der Waals surface area contributed by atoms with Crippen molar-refractivity contribution in [2.75, 3.05) is 0 Å². The summed E-state index contributed by atoms with van der Waals surface area (Å²) in [4.78, 5) is 4.91. The molecule has 0 spiro atoms. The highest BCUT2D eigenvalue weighted by molar-refractivity contribution is 9.11. The maximum absolute atomic E-state index is 12.9. The van der Waals surface area contributed by atoms with Crippen molar-refractivity contribution in [1.29, 1.82) is 0 Å². The van der Waals surface area contributed by atoms with Gasteiger partial charge in [-0.05, 0) is 34.1 Å². The second-order valence-corrected chi connectivity index (χ2v) is 5.79. The van der Waals surface area contributed by atoms with Gasteiger partial charge in [0.25, 0.3) is 0 Å². The summed E-state index contributed by atoms with van der Waals surface area (Å²) in [5, 5.41) is 9.46. The maximum atomic E-state index is 12.9. The van der Waals surface area contributed by atoms with E-state index < -0.39 is 5.82 Å². The summed E-state index contributed by atoms with van der Waals surface area (Å²) in [6.07, 6.45) is 0. The molecule has 84 valence electrons. The van der Waals surface area contributed by atoms with E-state index in [1.165, 1.54) is 23.5 Å². The summed E-state index contributed by atoms with van der Waals surface area (Å²) in [7, 11) is 0. The molecule has 16 heavy (non-hydrogen) atoms. The summed E-state index contributed by atoms with van der Waals surface area (Å²) in [6, 6.07) is 4.10. The molecular weight excluding hydrogens is 317 g/mol. The van der Waals surface area contributed by atoms with Crippen LogP contribution < -0.4 is 0 Å². The molecule has 1 heterocycles. The number of aliphatic hydroxyl groups is 1. The van der Waals surface area contributed by atoms with Gasteiger partial charge in [0.2, 0.25) is 0 Å². The van der Waals surface area contributed by atoms with E-state index in [-0.39, 0.29) is 11.6 Å². The summed E-state index contributed by atoms with van der Waals surface area (Å²) in [5.41, 5.74) is 1.21. The number of aromatic nitrogens is 1. The molecule has 2 nitrogen and oxygen atoms in total. The highest BCUT2D eigenvalue weighted by Gasteiger charge is 2.14. The fourth-order valence-electron chi connectivity index (χ4n) is 1.32. The number of hydrogen-bond donors (Lipinski definition) is 1. The van der Waals surface area contributed by atoms with Gasteiger partial charge in [0.15, 0.2) is 3.92 Å². The molecule has 0 aliphatic carbocycles. The molecule has 0 radical (unpaired) electrons. The van der Waals surface area contributed by atoms with Crippen LogP contribution in [-0.4, -0.2) is 10.1 Å². The molecule has 0 atom stereocenters. The van der Waals surface area contributed by atoms with Crippen molar-refractivity contribution in [3.05, 3.63) is 37.8 Å². The average Bonchev–Trinajstić information content (AvgIpc) is 2.59. The third-order valence-corrected chi connectivity index (χ3v) is 3.81. The lowest BCUT2D eigenvalue weighted by Crippen LogP contribution is -1.87. The number of rotatable bonds is 2. The Kier molecular flexibility index (Phi) is 3.59. The quantitative estimate of drug-likeness (QED) is 0.911. The second-order valence-electron chi connectivity index (χ2n) is 3.02. The van der Waals surface area contributed by atoms with E-state index >= 15 is 0 Å². The van der Waals surface area contributed by atoms with Crippen LogP contribution in [0.15, 0.2) is 22.1 Å². The molecule has 0 amide bonds. The number of halogens is 3. The first-order valence-corrected chi connectivity index (χ1v) is 6.32. The molecule has 0 aliphatic rings. The molecule has 6 heteroatoms. The Morgan fingerprint density at radius 1 is 1.50 bits per heavy atom. The van der Waals surface area contributed by atoms with Gasteiger partial charge < -0.3 is 5.11 Å². The first-order chi connectivity index (χ1) is 7.61. The lowest BCUT2D eigenvalue weighted by molar-refractivity contribution is 0.286. The number of hydrogen-bond acceptors (Lipinski definition) is 3. The van der Waals surface area contributed by atoms with Crippen molar-refractivity contribution >= 4 is 38.9 Å². The van der Waals surface area contributed by atoms with Gasteiger partial charge in [0.05, 0.1) is 22.2 Å². The van der Waals surface area contributed by atoms with E-state index in [2.05, 4.69) is 20.9 Å². The Balaban J connectivity index is 2.57. The van der Waals surface area contributed by atoms with E-state index in [1.54, 1.807) is 6.07 Å². The lowest BCUT2D eigenvalue weighted by atomic mass is 10.1. The van der Waals surface area contributed by atoms with Crippen molar-refractivity contribution in [3.63, 3.8) is 0 Å². The molecule has 0 unspecified atom stereocenters. The van der Waals surface area contributed by atoms with Crippen molar-refractivity contribution in [3.8, 4) is 11.3 Å². The van der Waals surface area contributed by atoms with Crippen LogP contribution in [0.3, 0.4) is 0 Å². The van der Waals surface area contributed by atoms with Crippen LogP contribution in [0.2, 0.25) is 5.02 Å². The zero-order chi connectivity index (χ0) is 11.7. The van der Waals surface area contributed by atoms with E-state index in [9.17, 15) is 9.50 Å². The average molecular weight is 323 g/mol. The van der Waals surface area contributed by atoms with Crippen molar-refractivity contribution in [2.24, 2.45) is 0 Å². The largest absolute Gasteiger partial charge is 0.391 e. The monoisotopic (exact) mass is 321 g/mol. The third kappa shape index (κ3) is 2.27. The van der Waals surface area contributed by atoms with Gasteiger partial charge in [-0.25, -0.2) is 9.37 Å². The fourth-order valence-corrected chi connectivity index (χ4v) is 3.00. The molecule has 1 aromatic carbocycles. The SMILES string of the molecule is OCc1sc(Br)nc1-c1ccc(F)cc1Cl. The molecule has 1 aromatic heterocycles. The molecule has 1 N–H and O–H groups in total. The Morgan fingerprint density at radius 2 is 2.25 bits per heavy atom. The van der Waals surface area contributed by atoms with Gasteiger partial charge in [-0.3, -0.25) is 0 Å². The van der Waals surface area contributed by atoms with Crippen molar-refractivity contribution in [1.82, 2.24) is 4.98 Å². The van der Waals surface area contributed by atoms with E-state index in [0.717, 1.165) is 0 Å². The highest BCUT2D eigenvalue weighted by Crippen LogP contribution is 2.35. The summed E-state index contributed by atoms with van der Waals surface area (Å²) < 4.78 is 13.5. The van der Waals surface area contributed by atoms with Crippen LogP contribution in [0.25, 0.3) is 11.3 Å². The van der Waals surface area contributed by atoms with Gasteiger partial charge in [-0.2, -0.15) is 0 Å². The molecule has 2 rings (SSSR count). The minimum Gasteiger partial charge on any atom is -0.391 e. The Labute approximate surface area is 109 Å². The number of aliphatic hydroxyl groups excluding tert-OH is 1. The van der Waals surface area contributed by atoms with E-state index in [0.29, 0.717) is 20.1 Å². The first kappa shape index (κ1) is 12.0. The predicted molar refractivity (Wildman–Crippen MR) is 66.1 cm³/mol. The lowest BCUT2D eigenvalue weighted by Gasteiger charge is -2.02. The second kappa shape index (κ2) is 4.79. The molecular formula is C10H6BrClFNOS. The van der Waals surface area contributed by atoms with Crippen LogP contribution in [-0.2, 0) is 6.61 Å². The maximum Gasteiger partial charge on any atom is 0.160 e. The minimum absolute atomic E-state index is 0.119.